The van der Waals surface area contributed by atoms with Gasteiger partial charge in [-0.1, -0.05) is 11.6 Å². The Morgan fingerprint density at radius 1 is 1.30 bits per heavy atom. The summed E-state index contributed by atoms with van der Waals surface area (Å²) in [5.74, 6) is 0.252. The van der Waals surface area contributed by atoms with Crippen molar-refractivity contribution in [3.8, 4) is 16.3 Å². The average molecular weight is 403 g/mol. The van der Waals surface area contributed by atoms with E-state index >= 15 is 0 Å². The third-order valence-corrected chi connectivity index (χ3v) is 5.85. The molecule has 0 aliphatic carbocycles. The molecule has 0 saturated carbocycles. The first-order valence-corrected chi connectivity index (χ1v) is 9.67. The molecule has 27 heavy (non-hydrogen) atoms. The molecule has 0 bridgehead atoms. The van der Waals surface area contributed by atoms with Crippen molar-refractivity contribution in [2.75, 3.05) is 6.61 Å². The van der Waals surface area contributed by atoms with Crippen LogP contribution < -0.4 is 10.1 Å². The number of carbonyl (C=O) groups excluding carboxylic acids is 1. The topological polar surface area (TPSA) is 51.2 Å². The Hall–Kier alpha value is -2.44. The van der Waals surface area contributed by atoms with E-state index < -0.39 is 0 Å². The van der Waals surface area contributed by atoms with Crippen molar-refractivity contribution in [1.29, 1.82) is 0 Å². The van der Waals surface area contributed by atoms with E-state index in [2.05, 4.69) is 10.3 Å². The molecular formula is C20H16ClFN2O2S. The number of benzene rings is 2. The molecule has 2 heterocycles. The molecule has 1 amide bonds. The van der Waals surface area contributed by atoms with Gasteiger partial charge in [0.25, 0.3) is 5.91 Å². The van der Waals surface area contributed by atoms with Crippen LogP contribution in [0, 0.1) is 12.7 Å². The number of carbonyl (C=O) groups is 1. The molecule has 0 radical (unpaired) electrons. The van der Waals surface area contributed by atoms with Crippen LogP contribution in [0.4, 0.5) is 4.39 Å². The van der Waals surface area contributed by atoms with Crippen molar-refractivity contribution in [2.24, 2.45) is 0 Å². The van der Waals surface area contributed by atoms with Gasteiger partial charge in [0, 0.05) is 22.6 Å². The molecule has 1 aromatic heterocycles. The van der Waals surface area contributed by atoms with Gasteiger partial charge >= 0.3 is 0 Å². The number of hydrogen-bond donors (Lipinski definition) is 1. The maximum Gasteiger partial charge on any atom is 0.263 e. The lowest BCUT2D eigenvalue weighted by atomic mass is 10.0. The van der Waals surface area contributed by atoms with Gasteiger partial charge in [-0.2, -0.15) is 0 Å². The first-order valence-electron chi connectivity index (χ1n) is 8.48. The number of nitrogens with one attached hydrogen (secondary N) is 1. The van der Waals surface area contributed by atoms with E-state index in [-0.39, 0.29) is 17.8 Å². The van der Waals surface area contributed by atoms with Crippen LogP contribution in [0.25, 0.3) is 10.6 Å². The Balaban J connectivity index is 1.58. The van der Waals surface area contributed by atoms with E-state index in [1.807, 2.05) is 12.1 Å². The number of aryl methyl sites for hydroxylation is 1. The van der Waals surface area contributed by atoms with E-state index in [1.54, 1.807) is 25.1 Å². The Kier molecular flexibility index (Phi) is 4.85. The fraction of sp³-hybridized carbons (Fsp3) is 0.200. The second-order valence-electron chi connectivity index (χ2n) is 6.29. The summed E-state index contributed by atoms with van der Waals surface area (Å²) >= 11 is 7.40. The first-order chi connectivity index (χ1) is 13.0. The zero-order chi connectivity index (χ0) is 19.0. The van der Waals surface area contributed by atoms with Gasteiger partial charge < -0.3 is 10.1 Å². The number of amides is 1. The third-order valence-electron chi connectivity index (χ3n) is 4.41. The highest BCUT2D eigenvalue weighted by molar-refractivity contribution is 7.17. The van der Waals surface area contributed by atoms with Crippen LogP contribution in [0.3, 0.4) is 0 Å². The molecule has 1 aliphatic heterocycles. The monoisotopic (exact) mass is 402 g/mol. The lowest BCUT2D eigenvalue weighted by Gasteiger charge is -2.26. The van der Waals surface area contributed by atoms with Crippen molar-refractivity contribution in [1.82, 2.24) is 10.3 Å². The van der Waals surface area contributed by atoms with Crippen molar-refractivity contribution in [3.05, 3.63) is 69.4 Å². The summed E-state index contributed by atoms with van der Waals surface area (Å²) in [5.41, 5.74) is 2.31. The number of halogens is 2. The quantitative estimate of drug-likeness (QED) is 0.658. The summed E-state index contributed by atoms with van der Waals surface area (Å²) in [5, 5.41) is 4.36. The molecule has 0 fully saturated rings. The summed E-state index contributed by atoms with van der Waals surface area (Å²) in [6, 6.07) is 11.3. The van der Waals surface area contributed by atoms with Gasteiger partial charge in [-0.15, -0.1) is 11.3 Å². The average Bonchev–Trinajstić information content (AvgIpc) is 3.04. The molecule has 1 unspecified atom stereocenters. The minimum atomic E-state index is -0.304. The summed E-state index contributed by atoms with van der Waals surface area (Å²) in [4.78, 5) is 17.9. The molecule has 7 heteroatoms. The van der Waals surface area contributed by atoms with Gasteiger partial charge in [0.15, 0.2) is 0 Å². The second-order valence-corrected chi connectivity index (χ2v) is 7.72. The number of ether oxygens (including phenoxy) is 1. The summed E-state index contributed by atoms with van der Waals surface area (Å²) < 4.78 is 18.8. The van der Waals surface area contributed by atoms with E-state index in [0.29, 0.717) is 33.6 Å². The molecule has 4 nitrogen and oxygen atoms in total. The Morgan fingerprint density at radius 3 is 2.85 bits per heavy atom. The van der Waals surface area contributed by atoms with E-state index in [9.17, 15) is 9.18 Å². The number of rotatable bonds is 3. The fourth-order valence-corrected chi connectivity index (χ4v) is 4.22. The predicted octanol–water partition coefficient (Wildman–Crippen LogP) is 5.16. The zero-order valence-electron chi connectivity index (χ0n) is 14.5. The van der Waals surface area contributed by atoms with Crippen molar-refractivity contribution in [3.63, 3.8) is 0 Å². The lowest BCUT2D eigenvalue weighted by molar-refractivity contribution is 0.0928. The Bertz CT molecular complexity index is 1000. The molecule has 3 aromatic rings. The molecular weight excluding hydrogens is 387 g/mol. The minimum Gasteiger partial charge on any atom is -0.493 e. The molecule has 2 aromatic carbocycles. The van der Waals surface area contributed by atoms with E-state index in [1.165, 1.54) is 23.5 Å². The predicted molar refractivity (Wildman–Crippen MR) is 104 cm³/mol. The maximum absolute atomic E-state index is 13.1. The van der Waals surface area contributed by atoms with Crippen LogP contribution in [-0.4, -0.2) is 17.5 Å². The third kappa shape index (κ3) is 3.68. The summed E-state index contributed by atoms with van der Waals surface area (Å²) in [6.07, 6.45) is 0.668. The van der Waals surface area contributed by atoms with E-state index in [0.717, 1.165) is 16.9 Å². The highest BCUT2D eigenvalue weighted by atomic mass is 35.5. The van der Waals surface area contributed by atoms with Gasteiger partial charge in [0.2, 0.25) is 0 Å². The van der Waals surface area contributed by atoms with Crippen LogP contribution in [0.15, 0.2) is 42.5 Å². The van der Waals surface area contributed by atoms with Gasteiger partial charge in [-0.05, 0) is 49.4 Å². The Morgan fingerprint density at radius 2 is 2.07 bits per heavy atom. The minimum absolute atomic E-state index is 0.171. The molecule has 0 saturated heterocycles. The molecule has 1 aliphatic rings. The number of fused-ring (bicyclic) bond motifs is 1. The van der Waals surface area contributed by atoms with Gasteiger partial charge in [-0.3, -0.25) is 4.79 Å². The molecule has 1 N–H and O–H groups in total. The normalized spacial score (nSPS) is 15.7. The van der Waals surface area contributed by atoms with Gasteiger partial charge in [-0.25, -0.2) is 9.37 Å². The summed E-state index contributed by atoms with van der Waals surface area (Å²) in [6.45, 7) is 2.33. The van der Waals surface area contributed by atoms with Crippen molar-refractivity contribution < 1.29 is 13.9 Å². The van der Waals surface area contributed by atoms with E-state index in [4.69, 9.17) is 16.3 Å². The fourth-order valence-electron chi connectivity index (χ4n) is 3.06. The summed E-state index contributed by atoms with van der Waals surface area (Å²) in [7, 11) is 0. The molecule has 0 spiro atoms. The number of nitrogens with zero attached hydrogens (tertiary/aromatic N) is 1. The van der Waals surface area contributed by atoms with Crippen molar-refractivity contribution >= 4 is 28.8 Å². The van der Waals surface area contributed by atoms with Crippen LogP contribution >= 0.6 is 22.9 Å². The van der Waals surface area contributed by atoms with Crippen LogP contribution in [-0.2, 0) is 0 Å². The van der Waals surface area contributed by atoms with Crippen LogP contribution in [0.1, 0.15) is 33.4 Å². The smallest absolute Gasteiger partial charge is 0.263 e. The maximum atomic E-state index is 13.1. The lowest BCUT2D eigenvalue weighted by Crippen LogP contribution is -2.32. The highest BCUT2D eigenvalue weighted by Crippen LogP contribution is 2.35. The van der Waals surface area contributed by atoms with Crippen LogP contribution in [0.5, 0.6) is 5.75 Å². The Labute approximate surface area is 165 Å². The number of hydrogen-bond acceptors (Lipinski definition) is 4. The number of aromatic nitrogens is 1. The first kappa shape index (κ1) is 17.9. The second kappa shape index (κ2) is 7.29. The standard InChI is InChI=1S/C20H16ClFN2O2S/c1-11-18(27-20(23-11)12-2-5-14(22)6-3-12)19(25)24-16-8-9-26-17-7-4-13(21)10-15(16)17/h2-7,10,16H,8-9H2,1H3,(H,24,25). The number of thiazole rings is 1. The molecule has 4 rings (SSSR count). The van der Waals surface area contributed by atoms with Gasteiger partial charge in [0.1, 0.15) is 21.5 Å². The SMILES string of the molecule is Cc1nc(-c2ccc(F)cc2)sc1C(=O)NC1CCOc2ccc(Cl)cc21. The van der Waals surface area contributed by atoms with Gasteiger partial charge in [0.05, 0.1) is 18.3 Å². The van der Waals surface area contributed by atoms with Crippen molar-refractivity contribution in [2.45, 2.75) is 19.4 Å². The zero-order valence-corrected chi connectivity index (χ0v) is 16.0. The largest absolute Gasteiger partial charge is 0.493 e. The molecule has 138 valence electrons. The highest BCUT2D eigenvalue weighted by Gasteiger charge is 2.25. The van der Waals surface area contributed by atoms with Crippen LogP contribution in [0.2, 0.25) is 5.02 Å². The molecule has 1 atom stereocenters.